The lowest BCUT2D eigenvalue weighted by Gasteiger charge is -2.13. The van der Waals surface area contributed by atoms with E-state index in [1.807, 2.05) is 0 Å². The first-order chi connectivity index (χ1) is 4.20. The van der Waals surface area contributed by atoms with Gasteiger partial charge in [0.1, 0.15) is 6.09 Å². The van der Waals surface area contributed by atoms with Crippen LogP contribution < -0.4 is 10.4 Å². The molecule has 0 rings (SSSR count). The number of carbonyl (C=O) groups excluding carboxylic acids is 1. The predicted octanol–water partition coefficient (Wildman–Crippen LogP) is -2.73. The summed E-state index contributed by atoms with van der Waals surface area (Å²) in [5.74, 6) is 0. The lowest BCUT2D eigenvalue weighted by molar-refractivity contribution is -0.252. The summed E-state index contributed by atoms with van der Waals surface area (Å²) in [5.41, 5.74) is 0. The summed E-state index contributed by atoms with van der Waals surface area (Å²) in [5, 5.41) is 28.0. The first-order valence-corrected chi connectivity index (χ1v) is 2.40. The zero-order valence-corrected chi connectivity index (χ0v) is 4.70. The number of hydrogen-bond donors (Lipinski definition) is 3. The average Bonchev–Trinajstić information content (AvgIpc) is 1.82. The lowest BCUT2D eigenvalue weighted by atomic mass is 10.3. The molecule has 0 saturated carbocycles. The molecular weight excluding hydrogens is 126 g/mol. The second kappa shape index (κ2) is 4.11. The Balaban J connectivity index is 3.43. The molecule has 0 spiro atoms. The molecule has 1 amide bonds. The van der Waals surface area contributed by atoms with Gasteiger partial charge in [-0.15, -0.1) is 0 Å². The molecule has 0 fully saturated rings. The summed E-state index contributed by atoms with van der Waals surface area (Å²) in [6.07, 6.45) is -1.50. The topological polar surface area (TPSA) is 92.6 Å². The molecule has 0 unspecified atom stereocenters. The second-order valence-electron chi connectivity index (χ2n) is 1.49. The van der Waals surface area contributed by atoms with Gasteiger partial charge in [0.25, 0.3) is 0 Å². The van der Waals surface area contributed by atoms with Gasteiger partial charge >= 0.3 is 0 Å². The Hall–Kier alpha value is -0.810. The summed E-state index contributed by atoms with van der Waals surface area (Å²) < 4.78 is 0. The normalized spacial score (nSPS) is 9.67. The number of carboxylic acid groups (broad SMARTS) is 1. The Bertz CT molecular complexity index is 90.6. The van der Waals surface area contributed by atoms with Crippen LogP contribution in [0.25, 0.3) is 0 Å². The molecule has 0 atom stereocenters. The number of nitrogens with one attached hydrogen (secondary N) is 1. The zero-order valence-electron chi connectivity index (χ0n) is 4.70. The maximum Gasteiger partial charge on any atom is 0.134 e. The largest absolute Gasteiger partial charge is 0.530 e. The van der Waals surface area contributed by atoms with Gasteiger partial charge < -0.3 is 25.4 Å². The third kappa shape index (κ3) is 3.75. The van der Waals surface area contributed by atoms with E-state index in [1.54, 1.807) is 5.32 Å². The van der Waals surface area contributed by atoms with Crippen LogP contribution in [0.2, 0.25) is 0 Å². The van der Waals surface area contributed by atoms with Gasteiger partial charge in [-0.05, 0) is 0 Å². The van der Waals surface area contributed by atoms with Crippen LogP contribution in [0.5, 0.6) is 0 Å². The van der Waals surface area contributed by atoms with Crippen molar-refractivity contribution in [3.05, 3.63) is 0 Å². The summed E-state index contributed by atoms with van der Waals surface area (Å²) in [4.78, 5) is 9.68. The van der Waals surface area contributed by atoms with E-state index in [9.17, 15) is 9.90 Å². The Morgan fingerprint density at radius 1 is 1.56 bits per heavy atom. The molecule has 5 heteroatoms. The number of amides is 1. The summed E-state index contributed by atoms with van der Waals surface area (Å²) in [6.45, 7) is -0.852. The minimum absolute atomic E-state index is 0.426. The molecule has 0 aromatic heterocycles. The molecule has 0 aliphatic rings. The molecule has 0 bridgehead atoms. The Kier molecular flexibility index (Phi) is 3.74. The summed E-state index contributed by atoms with van der Waals surface area (Å²) >= 11 is 0. The molecule has 3 N–H and O–H groups in total. The maximum atomic E-state index is 9.68. The van der Waals surface area contributed by atoms with Crippen LogP contribution in [-0.4, -0.2) is 35.6 Å². The van der Waals surface area contributed by atoms with Gasteiger partial charge in [-0.3, -0.25) is 0 Å². The Labute approximate surface area is 51.9 Å². The molecule has 0 aromatic rings. The first kappa shape index (κ1) is 8.19. The van der Waals surface area contributed by atoms with Crippen molar-refractivity contribution in [1.29, 1.82) is 0 Å². The zero-order chi connectivity index (χ0) is 7.28. The highest BCUT2D eigenvalue weighted by Crippen LogP contribution is 1.75. The van der Waals surface area contributed by atoms with Gasteiger partial charge in [0.2, 0.25) is 0 Å². The van der Waals surface area contributed by atoms with Crippen LogP contribution in [-0.2, 0) is 0 Å². The van der Waals surface area contributed by atoms with Crippen molar-refractivity contribution >= 4 is 6.09 Å². The first-order valence-electron chi connectivity index (χ1n) is 2.40. The van der Waals surface area contributed by atoms with E-state index in [1.165, 1.54) is 0 Å². The molecule has 9 heavy (non-hydrogen) atoms. The third-order valence-corrected chi connectivity index (χ3v) is 0.763. The molecule has 0 aliphatic heterocycles. The van der Waals surface area contributed by atoms with E-state index >= 15 is 0 Å². The molecular formula is C4H8NO4-. The van der Waals surface area contributed by atoms with Gasteiger partial charge in [-0.25, -0.2) is 0 Å². The fourth-order valence-electron chi connectivity index (χ4n) is 0.316. The predicted molar refractivity (Wildman–Crippen MR) is 26.5 cm³/mol. The average molecular weight is 134 g/mol. The van der Waals surface area contributed by atoms with Crippen molar-refractivity contribution in [3.63, 3.8) is 0 Å². The highest BCUT2D eigenvalue weighted by atomic mass is 16.4. The fourth-order valence-corrected chi connectivity index (χ4v) is 0.316. The van der Waals surface area contributed by atoms with Crippen LogP contribution in [0.4, 0.5) is 4.79 Å². The van der Waals surface area contributed by atoms with Crippen molar-refractivity contribution in [1.82, 2.24) is 5.32 Å². The van der Waals surface area contributed by atoms with Crippen molar-refractivity contribution in [2.24, 2.45) is 0 Å². The van der Waals surface area contributed by atoms with Crippen LogP contribution in [0.15, 0.2) is 0 Å². The van der Waals surface area contributed by atoms with E-state index in [2.05, 4.69) is 0 Å². The Morgan fingerprint density at radius 2 is 2.00 bits per heavy atom. The maximum absolute atomic E-state index is 9.68. The van der Waals surface area contributed by atoms with Crippen molar-refractivity contribution in [3.8, 4) is 0 Å². The van der Waals surface area contributed by atoms with Crippen molar-refractivity contribution in [2.75, 3.05) is 13.2 Å². The van der Waals surface area contributed by atoms with Gasteiger partial charge in [0.15, 0.2) is 0 Å². The number of aliphatic hydroxyl groups excluding tert-OH is 2. The van der Waals surface area contributed by atoms with E-state index in [0.717, 1.165) is 0 Å². The van der Waals surface area contributed by atoms with Gasteiger partial charge in [-0.2, -0.15) is 0 Å². The van der Waals surface area contributed by atoms with Crippen LogP contribution >= 0.6 is 0 Å². The van der Waals surface area contributed by atoms with E-state index in [-0.39, 0.29) is 0 Å². The highest BCUT2D eigenvalue weighted by molar-refractivity contribution is 5.62. The van der Waals surface area contributed by atoms with Gasteiger partial charge in [0.05, 0.1) is 19.3 Å². The number of rotatable bonds is 3. The molecule has 0 radical (unpaired) electrons. The minimum atomic E-state index is -1.50. The van der Waals surface area contributed by atoms with Gasteiger partial charge in [0, 0.05) is 0 Å². The quantitative estimate of drug-likeness (QED) is 0.390. The van der Waals surface area contributed by atoms with Gasteiger partial charge in [-0.1, -0.05) is 0 Å². The van der Waals surface area contributed by atoms with Crippen LogP contribution in [0.1, 0.15) is 0 Å². The summed E-state index contributed by atoms with van der Waals surface area (Å²) in [6, 6.07) is -0.824. The van der Waals surface area contributed by atoms with Crippen molar-refractivity contribution < 1.29 is 20.1 Å². The molecule has 0 saturated heterocycles. The Morgan fingerprint density at radius 3 is 2.11 bits per heavy atom. The summed E-state index contributed by atoms with van der Waals surface area (Å²) in [7, 11) is 0. The van der Waals surface area contributed by atoms with Crippen LogP contribution in [0.3, 0.4) is 0 Å². The molecule has 0 heterocycles. The number of hydrogen-bond acceptors (Lipinski definition) is 4. The third-order valence-electron chi connectivity index (χ3n) is 0.763. The monoisotopic (exact) mass is 134 g/mol. The molecule has 54 valence electrons. The standard InChI is InChI=1S/C4H9NO4/c6-1-3(2-7)5-4(8)9/h3,5-7H,1-2H2,(H,8,9)/p-1. The number of aliphatic hydroxyl groups is 2. The smallest absolute Gasteiger partial charge is 0.134 e. The van der Waals surface area contributed by atoms with Crippen LogP contribution in [0, 0.1) is 0 Å². The number of carbonyl (C=O) groups is 1. The lowest BCUT2D eigenvalue weighted by Crippen LogP contribution is -2.46. The molecule has 0 aliphatic carbocycles. The fraction of sp³-hybridized carbons (Fsp3) is 0.750. The highest BCUT2D eigenvalue weighted by Gasteiger charge is 2.01. The minimum Gasteiger partial charge on any atom is -0.530 e. The molecule has 0 aromatic carbocycles. The van der Waals surface area contributed by atoms with E-state index in [4.69, 9.17) is 10.2 Å². The van der Waals surface area contributed by atoms with E-state index < -0.39 is 25.3 Å². The SMILES string of the molecule is O=C([O-])NC(CO)CO. The second-order valence-corrected chi connectivity index (χ2v) is 1.49. The van der Waals surface area contributed by atoms with Crippen molar-refractivity contribution in [2.45, 2.75) is 6.04 Å². The van der Waals surface area contributed by atoms with E-state index in [0.29, 0.717) is 0 Å². The molecule has 5 nitrogen and oxygen atoms in total.